The van der Waals surface area contributed by atoms with Crippen LogP contribution in [-0.4, -0.2) is 45.3 Å². The molecule has 14 heteroatoms. The zero-order chi connectivity index (χ0) is 38.6. The summed E-state index contributed by atoms with van der Waals surface area (Å²) in [6.45, 7) is 3.49. The highest BCUT2D eigenvalue weighted by atomic mass is 19.4. The molecule has 1 aliphatic rings. The molecule has 0 fully saturated rings. The highest BCUT2D eigenvalue weighted by Gasteiger charge is 2.47. The number of rotatable bonds is 8. The quantitative estimate of drug-likeness (QED) is 0.160. The number of carbonyl (C=O) groups excluding carboxylic acids is 1. The van der Waals surface area contributed by atoms with E-state index in [2.05, 4.69) is 10.3 Å². The zero-order valence-electron chi connectivity index (χ0n) is 29.0. The van der Waals surface area contributed by atoms with Crippen molar-refractivity contribution in [3.05, 3.63) is 128 Å². The molecule has 53 heavy (non-hydrogen) atoms. The first-order valence-electron chi connectivity index (χ1n) is 16.6. The average molecular weight is 737 g/mol. The smallest absolute Gasteiger partial charge is 0.413 e. The number of fused-ring (bicyclic) bond motifs is 2. The second-order valence-corrected chi connectivity index (χ2v) is 13.3. The fourth-order valence-electron chi connectivity index (χ4n) is 7.07. The summed E-state index contributed by atoms with van der Waals surface area (Å²) in [5.74, 6) is -7.11. The third-order valence-electron chi connectivity index (χ3n) is 9.72. The number of carboxylic acid groups (broad SMARTS) is 1. The van der Waals surface area contributed by atoms with Crippen LogP contribution >= 0.6 is 0 Å². The number of hydrogen-bond donors (Lipinski definition) is 2. The molecule has 0 saturated carbocycles. The summed E-state index contributed by atoms with van der Waals surface area (Å²) < 4.78 is 89.8. The summed E-state index contributed by atoms with van der Waals surface area (Å²) in [6.07, 6.45) is -3.37. The molecule has 8 nitrogen and oxygen atoms in total. The van der Waals surface area contributed by atoms with Gasteiger partial charge in [0, 0.05) is 61.0 Å². The molecule has 3 heterocycles. The topological polar surface area (TPSA) is 105 Å². The predicted octanol–water partition coefficient (Wildman–Crippen LogP) is 7.56. The molecule has 2 atom stereocenters. The second-order valence-electron chi connectivity index (χ2n) is 13.3. The van der Waals surface area contributed by atoms with Crippen LogP contribution in [0.1, 0.15) is 56.8 Å². The van der Waals surface area contributed by atoms with E-state index in [0.717, 1.165) is 11.0 Å². The lowest BCUT2D eigenvalue weighted by Crippen LogP contribution is -2.44. The van der Waals surface area contributed by atoms with Gasteiger partial charge in [0.25, 0.3) is 17.4 Å². The largest absolute Gasteiger partial charge is 0.480 e. The Kier molecular flexibility index (Phi) is 9.60. The number of benzene rings is 3. The van der Waals surface area contributed by atoms with Crippen molar-refractivity contribution in [3.8, 4) is 11.1 Å². The van der Waals surface area contributed by atoms with Crippen LogP contribution in [0, 0.1) is 19.7 Å². The molecule has 0 aliphatic carbocycles. The minimum absolute atomic E-state index is 0.0105. The van der Waals surface area contributed by atoms with Gasteiger partial charge in [0.15, 0.2) is 6.04 Å². The first kappa shape index (κ1) is 37.1. The zero-order valence-corrected chi connectivity index (χ0v) is 29.0. The number of aryl methyl sites for hydroxylation is 2. The maximum atomic E-state index is 15.7. The Hall–Kier alpha value is -5.66. The standard InChI is InChI=1S/C39H34F6N4O4/c1-20-16-24(49-15-13-22-8-5-6-9-26(22)34(49)39(43,44)45)19-29(40)31(20)35(50)47-30(37(52)53)18-23-11-12-27(33-25(23)10-7-14-46-33)32-28(38(3,41)42)17-21(2)48(4)36(32)51/h5-12,14,16-17,19,30,34H,13,15,18H2,1-4H3,(H,47,50)(H,52,53)/t30-,34+/m0/s1. The summed E-state index contributed by atoms with van der Waals surface area (Å²) in [7, 11) is 1.45. The summed E-state index contributed by atoms with van der Waals surface area (Å²) in [4.78, 5) is 44.7. The van der Waals surface area contributed by atoms with Crippen LogP contribution in [0.4, 0.5) is 32.0 Å². The molecule has 1 amide bonds. The SMILES string of the molecule is Cc1cc(N2CCc3ccccc3[C@@H]2C(F)(F)F)cc(F)c1C(=O)N[C@@H](Cc1ccc(-c2c(C(C)(F)F)cc(C)n(C)c2=O)c2ncccc12)C(=O)O. The van der Waals surface area contributed by atoms with Gasteiger partial charge in [0.2, 0.25) is 0 Å². The molecule has 2 aromatic heterocycles. The van der Waals surface area contributed by atoms with E-state index >= 15 is 4.39 Å². The normalized spacial score (nSPS) is 15.3. The van der Waals surface area contributed by atoms with E-state index in [0.29, 0.717) is 29.1 Å². The number of pyridine rings is 2. The Labute approximate surface area is 299 Å². The molecule has 2 N–H and O–H groups in total. The minimum Gasteiger partial charge on any atom is -0.480 e. The van der Waals surface area contributed by atoms with E-state index in [4.69, 9.17) is 0 Å². The van der Waals surface area contributed by atoms with Gasteiger partial charge in [-0.2, -0.15) is 13.2 Å². The molecule has 0 unspecified atom stereocenters. The fourth-order valence-corrected chi connectivity index (χ4v) is 7.07. The molecule has 0 radical (unpaired) electrons. The van der Waals surface area contributed by atoms with Gasteiger partial charge < -0.3 is 19.9 Å². The number of carboxylic acids is 1. The number of halogens is 6. The molecule has 0 spiro atoms. The third-order valence-corrected chi connectivity index (χ3v) is 9.72. The van der Waals surface area contributed by atoms with Crippen LogP contribution in [-0.2, 0) is 30.6 Å². The van der Waals surface area contributed by atoms with Gasteiger partial charge in [0.05, 0.1) is 16.6 Å². The molecule has 5 aromatic rings. The van der Waals surface area contributed by atoms with Gasteiger partial charge in [-0.05, 0) is 66.8 Å². The van der Waals surface area contributed by atoms with E-state index in [-0.39, 0.29) is 52.8 Å². The first-order chi connectivity index (χ1) is 24.9. The van der Waals surface area contributed by atoms with Gasteiger partial charge in [-0.1, -0.05) is 42.5 Å². The Balaban J connectivity index is 1.32. The molecule has 6 rings (SSSR count). The van der Waals surface area contributed by atoms with Crippen molar-refractivity contribution >= 4 is 28.5 Å². The van der Waals surface area contributed by atoms with Gasteiger partial charge in [0.1, 0.15) is 11.9 Å². The molecule has 0 saturated heterocycles. The molecule has 1 aliphatic heterocycles. The van der Waals surface area contributed by atoms with Crippen molar-refractivity contribution in [1.29, 1.82) is 0 Å². The van der Waals surface area contributed by atoms with Crippen LogP contribution in [0.5, 0.6) is 0 Å². The molecular weight excluding hydrogens is 702 g/mol. The lowest BCUT2D eigenvalue weighted by Gasteiger charge is -2.40. The van der Waals surface area contributed by atoms with Crippen molar-refractivity contribution in [2.45, 2.75) is 57.8 Å². The number of hydrogen-bond acceptors (Lipinski definition) is 5. The van der Waals surface area contributed by atoms with Crippen LogP contribution in [0.15, 0.2) is 77.7 Å². The van der Waals surface area contributed by atoms with Gasteiger partial charge in [-0.3, -0.25) is 14.6 Å². The Morgan fingerprint density at radius 1 is 1.02 bits per heavy atom. The molecule has 0 bridgehead atoms. The van der Waals surface area contributed by atoms with Crippen molar-refractivity contribution in [1.82, 2.24) is 14.9 Å². The number of aliphatic carboxylic acids is 1. The number of aromatic nitrogens is 2. The number of carbonyl (C=O) groups is 2. The lowest BCUT2D eigenvalue weighted by molar-refractivity contribution is -0.151. The summed E-state index contributed by atoms with van der Waals surface area (Å²) in [5.41, 5.74) is -0.627. The number of nitrogens with zero attached hydrogens (tertiary/aromatic N) is 3. The van der Waals surface area contributed by atoms with Crippen molar-refractivity contribution in [2.75, 3.05) is 11.4 Å². The monoisotopic (exact) mass is 736 g/mol. The van der Waals surface area contributed by atoms with Crippen LogP contribution in [0.25, 0.3) is 22.0 Å². The summed E-state index contributed by atoms with van der Waals surface area (Å²) in [6, 6.07) is 11.8. The van der Waals surface area contributed by atoms with E-state index in [1.165, 1.54) is 74.1 Å². The van der Waals surface area contributed by atoms with E-state index in [1.807, 2.05) is 0 Å². The number of amides is 1. The lowest BCUT2D eigenvalue weighted by atomic mass is 9.91. The number of nitrogens with one attached hydrogen (secondary N) is 1. The van der Waals surface area contributed by atoms with Crippen LogP contribution in [0.2, 0.25) is 0 Å². The fraction of sp³-hybridized carbons (Fsp3) is 0.282. The summed E-state index contributed by atoms with van der Waals surface area (Å²) in [5, 5.41) is 12.8. The molecule has 3 aromatic carbocycles. The Morgan fingerprint density at radius 2 is 1.74 bits per heavy atom. The van der Waals surface area contributed by atoms with Crippen molar-refractivity contribution in [2.24, 2.45) is 7.05 Å². The second kappa shape index (κ2) is 13.7. The number of anilines is 1. The highest BCUT2D eigenvalue weighted by molar-refractivity contribution is 5.99. The maximum Gasteiger partial charge on any atom is 0.413 e. The highest BCUT2D eigenvalue weighted by Crippen LogP contribution is 2.44. The van der Waals surface area contributed by atoms with Gasteiger partial charge in [-0.15, -0.1) is 0 Å². The number of alkyl halides is 5. The predicted molar refractivity (Wildman–Crippen MR) is 187 cm³/mol. The van der Waals surface area contributed by atoms with Crippen LogP contribution < -0.4 is 15.8 Å². The Bertz CT molecular complexity index is 2310. The third kappa shape index (κ3) is 6.97. The van der Waals surface area contributed by atoms with Crippen LogP contribution in [0.3, 0.4) is 0 Å². The molecule has 276 valence electrons. The van der Waals surface area contributed by atoms with Crippen molar-refractivity contribution < 1.29 is 41.0 Å². The van der Waals surface area contributed by atoms with E-state index in [9.17, 15) is 41.4 Å². The minimum atomic E-state index is -4.69. The first-order valence-corrected chi connectivity index (χ1v) is 16.6. The van der Waals surface area contributed by atoms with Crippen molar-refractivity contribution in [3.63, 3.8) is 0 Å². The average Bonchev–Trinajstić information content (AvgIpc) is 3.08. The van der Waals surface area contributed by atoms with Gasteiger partial charge >= 0.3 is 12.1 Å². The van der Waals surface area contributed by atoms with Gasteiger partial charge in [-0.25, -0.2) is 18.0 Å². The van der Waals surface area contributed by atoms with E-state index in [1.54, 1.807) is 18.2 Å². The summed E-state index contributed by atoms with van der Waals surface area (Å²) >= 11 is 0. The van der Waals surface area contributed by atoms with E-state index < -0.39 is 58.6 Å². The molecular formula is C39H34F6N4O4. The maximum absolute atomic E-state index is 15.7. The Morgan fingerprint density at radius 3 is 2.40 bits per heavy atom.